The third kappa shape index (κ3) is 3.13. The Balaban J connectivity index is 1.98. The molecule has 2 rings (SSSR count). The Hall–Kier alpha value is -1.41. The van der Waals surface area contributed by atoms with Crippen LogP contribution in [0.25, 0.3) is 0 Å². The van der Waals surface area contributed by atoms with E-state index in [1.54, 1.807) is 12.5 Å². The van der Waals surface area contributed by atoms with E-state index >= 15 is 0 Å². The fourth-order valence-corrected chi connectivity index (χ4v) is 2.60. The number of hydrogen-bond acceptors (Lipinski definition) is 6. The van der Waals surface area contributed by atoms with Crippen molar-refractivity contribution < 1.29 is 5.21 Å². The topological polar surface area (TPSA) is 90.9 Å². The van der Waals surface area contributed by atoms with E-state index in [9.17, 15) is 0 Å². The van der Waals surface area contributed by atoms with Crippen molar-refractivity contribution in [3.05, 3.63) is 17.0 Å². The molecule has 0 radical (unpaired) electrons. The van der Waals surface area contributed by atoms with Crippen molar-refractivity contribution >= 4 is 27.6 Å². The van der Waals surface area contributed by atoms with Gasteiger partial charge in [0.25, 0.3) is 0 Å². The first-order chi connectivity index (χ1) is 9.13. The molecule has 104 valence electrons. The number of halogens is 1. The van der Waals surface area contributed by atoms with Crippen LogP contribution in [-0.4, -0.2) is 58.1 Å². The number of anilines is 1. The zero-order valence-electron chi connectivity index (χ0n) is 10.7. The molecule has 19 heavy (non-hydrogen) atoms. The molecule has 1 aliphatic heterocycles. The summed E-state index contributed by atoms with van der Waals surface area (Å²) >= 11 is 3.46. The minimum atomic E-state index is -0.0546. The van der Waals surface area contributed by atoms with Crippen LogP contribution >= 0.6 is 15.9 Å². The monoisotopic (exact) mass is 328 g/mol. The van der Waals surface area contributed by atoms with Gasteiger partial charge in [0.1, 0.15) is 12.1 Å². The molecule has 8 heteroatoms. The van der Waals surface area contributed by atoms with Gasteiger partial charge in [0.15, 0.2) is 5.84 Å². The zero-order valence-corrected chi connectivity index (χ0v) is 12.3. The third-order valence-corrected chi connectivity index (χ3v) is 3.91. The van der Waals surface area contributed by atoms with Crippen LogP contribution in [0.3, 0.4) is 0 Å². The molecule has 0 spiro atoms. The Morgan fingerprint density at radius 1 is 1.47 bits per heavy atom. The first-order valence-electron chi connectivity index (χ1n) is 6.05. The highest BCUT2D eigenvalue weighted by atomic mass is 79.9. The van der Waals surface area contributed by atoms with Gasteiger partial charge in [-0.15, -0.1) is 0 Å². The van der Waals surface area contributed by atoms with Crippen molar-refractivity contribution in [3.8, 4) is 0 Å². The Labute approximate surface area is 120 Å². The summed E-state index contributed by atoms with van der Waals surface area (Å²) in [6, 6.07) is -0.0546. The van der Waals surface area contributed by atoms with E-state index in [2.05, 4.69) is 40.9 Å². The minimum absolute atomic E-state index is 0.0546. The van der Waals surface area contributed by atoms with Crippen LogP contribution < -0.4 is 10.6 Å². The van der Waals surface area contributed by atoms with Gasteiger partial charge in [-0.1, -0.05) is 5.16 Å². The minimum Gasteiger partial charge on any atom is -0.409 e. The molecule has 0 amide bonds. The first-order valence-corrected chi connectivity index (χ1v) is 6.84. The second-order valence-corrected chi connectivity index (χ2v) is 5.27. The highest BCUT2D eigenvalue weighted by molar-refractivity contribution is 9.10. The van der Waals surface area contributed by atoms with Gasteiger partial charge in [-0.3, -0.25) is 4.90 Å². The number of nitrogens with zero attached hydrogens (tertiary/aromatic N) is 5. The molecule has 1 saturated heterocycles. The maximum Gasteiger partial charge on any atom is 0.156 e. The van der Waals surface area contributed by atoms with E-state index in [0.29, 0.717) is 0 Å². The van der Waals surface area contributed by atoms with Gasteiger partial charge >= 0.3 is 0 Å². The largest absolute Gasteiger partial charge is 0.409 e. The fourth-order valence-electron chi connectivity index (χ4n) is 2.13. The molecule has 1 aliphatic rings. The summed E-state index contributed by atoms with van der Waals surface area (Å²) in [5, 5.41) is 11.8. The average molecular weight is 329 g/mol. The molecule has 0 bridgehead atoms. The maximum absolute atomic E-state index is 8.70. The van der Waals surface area contributed by atoms with Gasteiger partial charge in [0, 0.05) is 32.4 Å². The van der Waals surface area contributed by atoms with Crippen LogP contribution in [0.15, 0.2) is 22.2 Å². The summed E-state index contributed by atoms with van der Waals surface area (Å²) in [5.41, 5.74) is 5.63. The van der Waals surface area contributed by atoms with E-state index in [-0.39, 0.29) is 11.9 Å². The predicted molar refractivity (Wildman–Crippen MR) is 76.4 cm³/mol. The Morgan fingerprint density at radius 3 is 2.74 bits per heavy atom. The van der Waals surface area contributed by atoms with Crippen molar-refractivity contribution in [2.24, 2.45) is 10.9 Å². The zero-order chi connectivity index (χ0) is 13.8. The van der Waals surface area contributed by atoms with Crippen molar-refractivity contribution in [3.63, 3.8) is 0 Å². The lowest BCUT2D eigenvalue weighted by atomic mass is 10.2. The molecule has 0 saturated carbocycles. The molecule has 3 N–H and O–H groups in total. The number of aromatic nitrogens is 2. The average Bonchev–Trinajstić information content (AvgIpc) is 2.46. The molecule has 1 aromatic rings. The second-order valence-electron chi connectivity index (χ2n) is 4.42. The van der Waals surface area contributed by atoms with Crippen LogP contribution in [0.2, 0.25) is 0 Å². The van der Waals surface area contributed by atoms with Gasteiger partial charge in [0.05, 0.1) is 10.5 Å². The van der Waals surface area contributed by atoms with Crippen molar-refractivity contribution in [1.29, 1.82) is 0 Å². The van der Waals surface area contributed by atoms with Gasteiger partial charge < -0.3 is 15.8 Å². The normalized spacial score (nSPS) is 19.5. The highest BCUT2D eigenvalue weighted by Crippen LogP contribution is 2.23. The number of hydrogen-bond donors (Lipinski definition) is 2. The standard InChI is InChI=1S/C11H17BrN6O/c1-8(10(13)16-19)17-2-4-18(5-3-17)11-9(12)6-14-7-15-11/h6-8,19H,2-5H2,1H3,(H2,13,16). The molecule has 0 aliphatic carbocycles. The van der Waals surface area contributed by atoms with Crippen molar-refractivity contribution in [2.75, 3.05) is 31.1 Å². The van der Waals surface area contributed by atoms with Gasteiger partial charge in [0.2, 0.25) is 0 Å². The number of oxime groups is 1. The SMILES string of the molecule is CC(C(N)=NO)N1CCN(c2ncncc2Br)CC1. The van der Waals surface area contributed by atoms with E-state index in [4.69, 9.17) is 10.9 Å². The first kappa shape index (κ1) is 14.0. The molecular formula is C11H17BrN6O. The molecular weight excluding hydrogens is 312 g/mol. The highest BCUT2D eigenvalue weighted by Gasteiger charge is 2.24. The molecule has 1 fully saturated rings. The van der Waals surface area contributed by atoms with E-state index < -0.39 is 0 Å². The molecule has 2 heterocycles. The lowest BCUT2D eigenvalue weighted by molar-refractivity contribution is 0.229. The summed E-state index contributed by atoms with van der Waals surface area (Å²) in [7, 11) is 0. The number of nitrogens with two attached hydrogens (primary N) is 1. The maximum atomic E-state index is 8.70. The molecule has 7 nitrogen and oxygen atoms in total. The molecule has 1 aromatic heterocycles. The summed E-state index contributed by atoms with van der Waals surface area (Å²) in [6.45, 7) is 5.31. The number of piperazine rings is 1. The fraction of sp³-hybridized carbons (Fsp3) is 0.545. The molecule has 1 unspecified atom stereocenters. The number of amidine groups is 1. The van der Waals surface area contributed by atoms with Crippen LogP contribution in [0, 0.1) is 0 Å². The molecule has 0 aromatic carbocycles. The van der Waals surface area contributed by atoms with Crippen LogP contribution in [0.4, 0.5) is 5.82 Å². The Kier molecular flexibility index (Phi) is 4.54. The third-order valence-electron chi connectivity index (χ3n) is 3.35. The Bertz CT molecular complexity index is 460. The van der Waals surface area contributed by atoms with Crippen LogP contribution in [0.5, 0.6) is 0 Å². The summed E-state index contributed by atoms with van der Waals surface area (Å²) in [5.74, 6) is 1.16. The van der Waals surface area contributed by atoms with Gasteiger partial charge in [-0.05, 0) is 22.9 Å². The van der Waals surface area contributed by atoms with Crippen LogP contribution in [0.1, 0.15) is 6.92 Å². The summed E-state index contributed by atoms with van der Waals surface area (Å²) in [6.07, 6.45) is 3.29. The lowest BCUT2D eigenvalue weighted by Crippen LogP contribution is -2.53. The predicted octanol–water partition coefficient (Wildman–Crippen LogP) is 0.496. The van der Waals surface area contributed by atoms with E-state index in [1.807, 2.05) is 6.92 Å². The quantitative estimate of drug-likeness (QED) is 0.363. The van der Waals surface area contributed by atoms with Crippen molar-refractivity contribution in [2.45, 2.75) is 13.0 Å². The Morgan fingerprint density at radius 2 is 2.16 bits per heavy atom. The van der Waals surface area contributed by atoms with E-state index in [0.717, 1.165) is 36.5 Å². The van der Waals surface area contributed by atoms with Gasteiger partial charge in [-0.25, -0.2) is 9.97 Å². The smallest absolute Gasteiger partial charge is 0.156 e. The van der Waals surface area contributed by atoms with E-state index in [1.165, 1.54) is 0 Å². The summed E-state index contributed by atoms with van der Waals surface area (Å²) < 4.78 is 0.896. The van der Waals surface area contributed by atoms with Crippen molar-refractivity contribution in [1.82, 2.24) is 14.9 Å². The molecule has 1 atom stereocenters. The summed E-state index contributed by atoms with van der Waals surface area (Å²) in [4.78, 5) is 12.6. The lowest BCUT2D eigenvalue weighted by Gasteiger charge is -2.38. The van der Waals surface area contributed by atoms with Gasteiger partial charge in [-0.2, -0.15) is 0 Å². The second kappa shape index (κ2) is 6.16. The van der Waals surface area contributed by atoms with Crippen LogP contribution in [-0.2, 0) is 0 Å². The number of rotatable bonds is 3.